The van der Waals surface area contributed by atoms with Gasteiger partial charge in [0.05, 0.1) is 6.42 Å². The van der Waals surface area contributed by atoms with Gasteiger partial charge in [-0.3, -0.25) is 9.59 Å². The Morgan fingerprint density at radius 2 is 1.70 bits per heavy atom. The van der Waals surface area contributed by atoms with E-state index in [0.717, 1.165) is 5.69 Å². The molecule has 108 valence electrons. The molecule has 0 bridgehead atoms. The maximum absolute atomic E-state index is 11.5. The van der Waals surface area contributed by atoms with Crippen molar-refractivity contribution in [2.24, 2.45) is 0 Å². The van der Waals surface area contributed by atoms with Gasteiger partial charge < -0.3 is 10.4 Å². The number of carbonyl (C=O) groups excluding carboxylic acids is 1. The Balaban J connectivity index is 1.87. The van der Waals surface area contributed by atoms with Gasteiger partial charge in [0.1, 0.15) is 0 Å². The molecule has 4 heteroatoms. The molecule has 1 aromatic rings. The average molecular weight is 275 g/mol. The van der Waals surface area contributed by atoms with Crippen LogP contribution >= 0.6 is 0 Å². The number of carboxylic acids is 1. The van der Waals surface area contributed by atoms with Gasteiger partial charge in [0.2, 0.25) is 5.91 Å². The minimum absolute atomic E-state index is 0.0136. The van der Waals surface area contributed by atoms with Gasteiger partial charge in [0.15, 0.2) is 0 Å². The number of hydrogen-bond donors (Lipinski definition) is 2. The quantitative estimate of drug-likeness (QED) is 0.863. The van der Waals surface area contributed by atoms with E-state index in [1.165, 1.54) is 37.7 Å². The van der Waals surface area contributed by atoms with Crippen LogP contribution in [0.4, 0.5) is 5.69 Å². The molecule has 0 atom stereocenters. The Bertz CT molecular complexity index is 461. The topological polar surface area (TPSA) is 66.4 Å². The smallest absolute Gasteiger partial charge is 0.303 e. The Labute approximate surface area is 119 Å². The number of carboxylic acid groups (broad SMARTS) is 1. The van der Waals surface area contributed by atoms with Gasteiger partial charge in [0, 0.05) is 12.1 Å². The summed E-state index contributed by atoms with van der Waals surface area (Å²) in [7, 11) is 0. The zero-order chi connectivity index (χ0) is 14.4. The molecule has 1 fully saturated rings. The molecule has 4 nitrogen and oxygen atoms in total. The van der Waals surface area contributed by atoms with E-state index in [1.807, 2.05) is 12.1 Å². The van der Waals surface area contributed by atoms with Gasteiger partial charge in [-0.15, -0.1) is 0 Å². The summed E-state index contributed by atoms with van der Waals surface area (Å²) in [6.07, 6.45) is 6.34. The maximum Gasteiger partial charge on any atom is 0.303 e. The van der Waals surface area contributed by atoms with Crippen molar-refractivity contribution in [3.63, 3.8) is 0 Å². The third-order valence-electron chi connectivity index (χ3n) is 3.84. The molecular formula is C16H21NO3. The fourth-order valence-corrected chi connectivity index (χ4v) is 2.72. The lowest BCUT2D eigenvalue weighted by atomic mass is 9.84. The number of carbonyl (C=O) groups is 2. The summed E-state index contributed by atoms with van der Waals surface area (Å²) in [6.45, 7) is 0. The molecule has 1 aliphatic carbocycles. The van der Waals surface area contributed by atoms with E-state index in [2.05, 4.69) is 17.4 Å². The van der Waals surface area contributed by atoms with Crippen molar-refractivity contribution in [2.75, 3.05) is 5.32 Å². The second-order valence-corrected chi connectivity index (χ2v) is 5.40. The minimum Gasteiger partial charge on any atom is -0.481 e. The molecular weight excluding hydrogens is 254 g/mol. The Morgan fingerprint density at radius 1 is 1.05 bits per heavy atom. The predicted molar refractivity (Wildman–Crippen MR) is 77.8 cm³/mol. The first-order chi connectivity index (χ1) is 9.65. The molecule has 1 aliphatic rings. The molecule has 2 N–H and O–H groups in total. The third kappa shape index (κ3) is 4.37. The summed E-state index contributed by atoms with van der Waals surface area (Å²) in [5.74, 6) is -0.550. The van der Waals surface area contributed by atoms with Gasteiger partial charge in [0.25, 0.3) is 0 Å². The average Bonchev–Trinajstić information content (AvgIpc) is 2.47. The summed E-state index contributed by atoms with van der Waals surface area (Å²) in [5.41, 5.74) is 2.08. The molecule has 2 rings (SSSR count). The van der Waals surface area contributed by atoms with Crippen molar-refractivity contribution < 1.29 is 14.7 Å². The first-order valence-electron chi connectivity index (χ1n) is 7.27. The van der Waals surface area contributed by atoms with Crippen LogP contribution < -0.4 is 5.32 Å². The van der Waals surface area contributed by atoms with Gasteiger partial charge in [-0.1, -0.05) is 31.4 Å². The number of amides is 1. The largest absolute Gasteiger partial charge is 0.481 e. The lowest BCUT2D eigenvalue weighted by molar-refractivity contribution is -0.138. The number of rotatable bonds is 5. The van der Waals surface area contributed by atoms with E-state index in [0.29, 0.717) is 5.92 Å². The highest BCUT2D eigenvalue weighted by molar-refractivity contribution is 5.92. The lowest BCUT2D eigenvalue weighted by Crippen LogP contribution is -2.13. The number of hydrogen-bond acceptors (Lipinski definition) is 2. The Hall–Kier alpha value is -1.84. The molecule has 0 aliphatic heterocycles. The van der Waals surface area contributed by atoms with E-state index in [1.54, 1.807) is 0 Å². The van der Waals surface area contributed by atoms with Crippen LogP contribution in [-0.4, -0.2) is 17.0 Å². The van der Waals surface area contributed by atoms with Crippen molar-refractivity contribution in [2.45, 2.75) is 50.9 Å². The zero-order valence-electron chi connectivity index (χ0n) is 11.6. The van der Waals surface area contributed by atoms with Crippen LogP contribution in [0.3, 0.4) is 0 Å². The van der Waals surface area contributed by atoms with Crippen molar-refractivity contribution >= 4 is 17.6 Å². The van der Waals surface area contributed by atoms with E-state index in [9.17, 15) is 9.59 Å². The van der Waals surface area contributed by atoms with Crippen LogP contribution in [0.5, 0.6) is 0 Å². The minimum atomic E-state index is -0.951. The highest BCUT2D eigenvalue weighted by Gasteiger charge is 2.15. The molecule has 0 unspecified atom stereocenters. The first kappa shape index (κ1) is 14.6. The fraction of sp³-hybridized carbons (Fsp3) is 0.500. The van der Waals surface area contributed by atoms with Gasteiger partial charge >= 0.3 is 5.97 Å². The summed E-state index contributed by atoms with van der Waals surface area (Å²) >= 11 is 0. The summed E-state index contributed by atoms with van der Waals surface area (Å²) in [5, 5.41) is 11.3. The number of benzene rings is 1. The number of nitrogens with one attached hydrogen (secondary N) is 1. The van der Waals surface area contributed by atoms with Gasteiger partial charge in [-0.05, 0) is 36.5 Å². The van der Waals surface area contributed by atoms with Crippen molar-refractivity contribution in [1.82, 2.24) is 0 Å². The maximum atomic E-state index is 11.5. The van der Waals surface area contributed by atoms with Crippen LogP contribution in [0.15, 0.2) is 24.3 Å². The molecule has 0 radical (unpaired) electrons. The first-order valence-corrected chi connectivity index (χ1v) is 7.27. The van der Waals surface area contributed by atoms with E-state index < -0.39 is 5.97 Å². The highest BCUT2D eigenvalue weighted by atomic mass is 16.4. The zero-order valence-corrected chi connectivity index (χ0v) is 11.6. The van der Waals surface area contributed by atoms with Crippen LogP contribution in [-0.2, 0) is 9.59 Å². The van der Waals surface area contributed by atoms with Crippen molar-refractivity contribution in [1.29, 1.82) is 0 Å². The van der Waals surface area contributed by atoms with Crippen LogP contribution in [0.25, 0.3) is 0 Å². The van der Waals surface area contributed by atoms with Crippen molar-refractivity contribution in [3.8, 4) is 0 Å². The molecule has 1 amide bonds. The summed E-state index contributed by atoms with van der Waals surface area (Å²) < 4.78 is 0. The molecule has 1 aromatic carbocycles. The Morgan fingerprint density at radius 3 is 2.30 bits per heavy atom. The normalized spacial score (nSPS) is 15.8. The molecule has 1 saturated carbocycles. The third-order valence-corrected chi connectivity index (χ3v) is 3.84. The second kappa shape index (κ2) is 7.08. The second-order valence-electron chi connectivity index (χ2n) is 5.40. The molecule has 20 heavy (non-hydrogen) atoms. The van der Waals surface area contributed by atoms with E-state index >= 15 is 0 Å². The summed E-state index contributed by atoms with van der Waals surface area (Å²) in [6, 6.07) is 7.96. The van der Waals surface area contributed by atoms with E-state index in [-0.39, 0.29) is 18.7 Å². The van der Waals surface area contributed by atoms with Crippen LogP contribution in [0.1, 0.15) is 56.4 Å². The van der Waals surface area contributed by atoms with Crippen LogP contribution in [0.2, 0.25) is 0 Å². The fourth-order valence-electron chi connectivity index (χ4n) is 2.72. The van der Waals surface area contributed by atoms with Gasteiger partial charge in [-0.25, -0.2) is 0 Å². The standard InChI is InChI=1S/C16H21NO3/c18-15(10-11-16(19)20)17-14-8-6-13(7-9-14)12-4-2-1-3-5-12/h6-9,12H,1-5,10-11H2,(H,17,18)(H,19,20). The highest BCUT2D eigenvalue weighted by Crippen LogP contribution is 2.32. The Kier molecular flexibility index (Phi) is 5.16. The van der Waals surface area contributed by atoms with Gasteiger partial charge in [-0.2, -0.15) is 0 Å². The van der Waals surface area contributed by atoms with E-state index in [4.69, 9.17) is 5.11 Å². The van der Waals surface area contributed by atoms with Crippen molar-refractivity contribution in [3.05, 3.63) is 29.8 Å². The SMILES string of the molecule is O=C(O)CCC(=O)Nc1ccc(C2CCCCC2)cc1. The monoisotopic (exact) mass is 275 g/mol. The lowest BCUT2D eigenvalue weighted by Gasteiger charge is -2.22. The molecule has 0 aromatic heterocycles. The summed E-state index contributed by atoms with van der Waals surface area (Å²) in [4.78, 5) is 21.9. The molecule has 0 heterocycles. The number of aliphatic carboxylic acids is 1. The molecule has 0 spiro atoms. The van der Waals surface area contributed by atoms with Crippen LogP contribution in [0, 0.1) is 0 Å². The molecule has 0 saturated heterocycles. The number of anilines is 1. The predicted octanol–water partition coefficient (Wildman–Crippen LogP) is 3.54.